The molecule has 0 aliphatic carbocycles. The van der Waals surface area contributed by atoms with Gasteiger partial charge in [-0.25, -0.2) is 4.79 Å². The predicted octanol–water partition coefficient (Wildman–Crippen LogP) is 3.37. The molecule has 150 valence electrons. The Morgan fingerprint density at radius 3 is 2.45 bits per heavy atom. The average Bonchev–Trinajstić information content (AvgIpc) is 3.12. The number of amides is 4. The number of hydrogen-bond acceptors (Lipinski definition) is 3. The molecule has 7 heteroatoms. The number of anilines is 2. The summed E-state index contributed by atoms with van der Waals surface area (Å²) in [6.07, 6.45) is 3.08. The van der Waals surface area contributed by atoms with E-state index in [0.29, 0.717) is 36.4 Å². The average molecular weight is 392 g/mol. The van der Waals surface area contributed by atoms with Gasteiger partial charge in [0.2, 0.25) is 5.91 Å². The van der Waals surface area contributed by atoms with Gasteiger partial charge in [0.25, 0.3) is 5.91 Å². The van der Waals surface area contributed by atoms with Gasteiger partial charge in [0, 0.05) is 43.0 Å². The molecule has 0 bridgehead atoms. The van der Waals surface area contributed by atoms with E-state index in [1.54, 1.807) is 42.5 Å². The lowest BCUT2D eigenvalue weighted by molar-refractivity contribution is -0.128. The molecule has 1 saturated heterocycles. The molecule has 2 aromatic rings. The number of hydrogen-bond donors (Lipinski definition) is 3. The van der Waals surface area contributed by atoms with Crippen LogP contribution in [0.3, 0.4) is 0 Å². The van der Waals surface area contributed by atoms with Gasteiger partial charge in [-0.15, -0.1) is 6.58 Å². The highest BCUT2D eigenvalue weighted by atomic mass is 16.2. The molecule has 2 aromatic carbocycles. The number of likely N-dealkylation sites (tertiary alicyclic amines) is 1. The second-order valence-corrected chi connectivity index (χ2v) is 6.77. The van der Waals surface area contributed by atoms with E-state index in [9.17, 15) is 14.4 Å². The minimum Gasteiger partial charge on any atom is -0.338 e. The first-order chi connectivity index (χ1) is 14.0. The van der Waals surface area contributed by atoms with E-state index in [4.69, 9.17) is 0 Å². The summed E-state index contributed by atoms with van der Waals surface area (Å²) in [6, 6.07) is 13.8. The summed E-state index contributed by atoms with van der Waals surface area (Å²) in [6.45, 7) is 5.21. The maximum absolute atomic E-state index is 12.6. The third-order valence-corrected chi connectivity index (χ3v) is 4.54. The number of urea groups is 1. The van der Waals surface area contributed by atoms with Crippen LogP contribution in [0.15, 0.2) is 61.2 Å². The molecular formula is C22H24N4O3. The highest BCUT2D eigenvalue weighted by molar-refractivity contribution is 6.04. The second-order valence-electron chi connectivity index (χ2n) is 6.77. The smallest absolute Gasteiger partial charge is 0.319 e. The van der Waals surface area contributed by atoms with Crippen molar-refractivity contribution >= 4 is 29.2 Å². The molecule has 1 heterocycles. The van der Waals surface area contributed by atoms with Crippen LogP contribution < -0.4 is 16.0 Å². The van der Waals surface area contributed by atoms with Gasteiger partial charge in [-0.2, -0.15) is 0 Å². The molecule has 3 N–H and O–H groups in total. The molecule has 0 unspecified atom stereocenters. The third kappa shape index (κ3) is 5.68. The van der Waals surface area contributed by atoms with Crippen LogP contribution in [0.25, 0.3) is 0 Å². The summed E-state index contributed by atoms with van der Waals surface area (Å²) in [5, 5.41) is 8.15. The molecule has 7 nitrogen and oxygen atoms in total. The molecule has 29 heavy (non-hydrogen) atoms. The zero-order valence-electron chi connectivity index (χ0n) is 16.1. The van der Waals surface area contributed by atoms with Crippen molar-refractivity contribution < 1.29 is 14.4 Å². The Balaban J connectivity index is 1.58. The minimum atomic E-state index is -0.324. The molecule has 4 amide bonds. The lowest BCUT2D eigenvalue weighted by Gasteiger charge is -2.16. The van der Waals surface area contributed by atoms with Crippen LogP contribution in [-0.2, 0) is 11.3 Å². The fourth-order valence-corrected chi connectivity index (χ4v) is 3.08. The van der Waals surface area contributed by atoms with Gasteiger partial charge in [0.05, 0.1) is 0 Å². The highest BCUT2D eigenvalue weighted by Gasteiger charge is 2.20. The van der Waals surface area contributed by atoms with E-state index in [2.05, 4.69) is 22.5 Å². The molecule has 1 fully saturated rings. The van der Waals surface area contributed by atoms with Crippen molar-refractivity contribution in [3.8, 4) is 0 Å². The molecular weight excluding hydrogens is 368 g/mol. The van der Waals surface area contributed by atoms with E-state index in [1.807, 2.05) is 17.0 Å². The van der Waals surface area contributed by atoms with Crippen LogP contribution in [0.4, 0.5) is 16.2 Å². The van der Waals surface area contributed by atoms with E-state index < -0.39 is 0 Å². The van der Waals surface area contributed by atoms with Gasteiger partial charge in [0.1, 0.15) is 0 Å². The molecule has 0 spiro atoms. The number of rotatable bonds is 7. The van der Waals surface area contributed by atoms with E-state index in [0.717, 1.165) is 18.5 Å². The molecule has 0 radical (unpaired) electrons. The van der Waals surface area contributed by atoms with Gasteiger partial charge in [0.15, 0.2) is 0 Å². The van der Waals surface area contributed by atoms with Crippen molar-refractivity contribution in [1.82, 2.24) is 10.2 Å². The van der Waals surface area contributed by atoms with Crippen LogP contribution in [0.5, 0.6) is 0 Å². The molecule has 3 rings (SSSR count). The molecule has 0 aromatic heterocycles. The zero-order valence-corrected chi connectivity index (χ0v) is 16.1. The minimum absolute atomic E-state index is 0.159. The summed E-state index contributed by atoms with van der Waals surface area (Å²) < 4.78 is 0. The Morgan fingerprint density at radius 2 is 1.79 bits per heavy atom. The highest BCUT2D eigenvalue weighted by Crippen LogP contribution is 2.17. The summed E-state index contributed by atoms with van der Waals surface area (Å²) in [5.41, 5.74) is 2.69. The van der Waals surface area contributed by atoms with Crippen LogP contribution in [0, 0.1) is 0 Å². The predicted molar refractivity (Wildman–Crippen MR) is 113 cm³/mol. The van der Waals surface area contributed by atoms with Gasteiger partial charge >= 0.3 is 6.03 Å². The van der Waals surface area contributed by atoms with Crippen LogP contribution in [0.1, 0.15) is 28.8 Å². The second kappa shape index (κ2) is 9.54. The first kappa shape index (κ1) is 20.1. The third-order valence-electron chi connectivity index (χ3n) is 4.54. The maximum Gasteiger partial charge on any atom is 0.319 e. The van der Waals surface area contributed by atoms with Crippen LogP contribution >= 0.6 is 0 Å². The number of nitrogens with one attached hydrogen (secondary N) is 3. The Bertz CT molecular complexity index is 909. The van der Waals surface area contributed by atoms with Crippen molar-refractivity contribution in [2.45, 2.75) is 19.4 Å². The molecule has 1 aliphatic heterocycles. The summed E-state index contributed by atoms with van der Waals surface area (Å²) in [4.78, 5) is 37.8. The van der Waals surface area contributed by atoms with Crippen LogP contribution in [0.2, 0.25) is 0 Å². The summed E-state index contributed by atoms with van der Waals surface area (Å²) in [5.74, 6) is -0.0734. The van der Waals surface area contributed by atoms with Gasteiger partial charge in [-0.3, -0.25) is 9.59 Å². The van der Waals surface area contributed by atoms with E-state index >= 15 is 0 Å². The lowest BCUT2D eigenvalue weighted by atomic mass is 10.1. The van der Waals surface area contributed by atoms with Crippen molar-refractivity contribution in [3.63, 3.8) is 0 Å². The number of benzene rings is 2. The normalized spacial score (nSPS) is 13.1. The fourth-order valence-electron chi connectivity index (χ4n) is 3.08. The number of carbonyl (C=O) groups excluding carboxylic acids is 3. The Kier molecular flexibility index (Phi) is 6.63. The molecule has 0 atom stereocenters. The van der Waals surface area contributed by atoms with E-state index in [-0.39, 0.29) is 17.8 Å². The molecule has 0 saturated carbocycles. The maximum atomic E-state index is 12.6. The standard InChI is InChI=1S/C22H24N4O3/c1-2-12-23-22(29)25-19-10-8-18(9-11-19)24-21(28)17-6-3-5-16(14-17)15-26-13-4-7-20(26)27/h2-3,5-6,8-11,14H,1,4,7,12-13,15H2,(H,24,28)(H2,23,25,29). The number of nitrogens with zero attached hydrogens (tertiary/aromatic N) is 1. The first-order valence-corrected chi connectivity index (χ1v) is 9.49. The van der Waals surface area contributed by atoms with Gasteiger partial charge < -0.3 is 20.9 Å². The Morgan fingerprint density at radius 1 is 1.07 bits per heavy atom. The van der Waals surface area contributed by atoms with E-state index in [1.165, 1.54) is 0 Å². The SMILES string of the molecule is C=CCNC(=O)Nc1ccc(NC(=O)c2cccc(CN3CCCC3=O)c2)cc1. The lowest BCUT2D eigenvalue weighted by Crippen LogP contribution is -2.28. The van der Waals surface area contributed by atoms with Crippen molar-refractivity contribution in [2.75, 3.05) is 23.7 Å². The first-order valence-electron chi connectivity index (χ1n) is 9.49. The van der Waals surface area contributed by atoms with Crippen molar-refractivity contribution in [3.05, 3.63) is 72.3 Å². The molecule has 1 aliphatic rings. The zero-order chi connectivity index (χ0) is 20.6. The van der Waals surface area contributed by atoms with Crippen molar-refractivity contribution in [1.29, 1.82) is 0 Å². The number of carbonyl (C=O) groups is 3. The van der Waals surface area contributed by atoms with Crippen molar-refractivity contribution in [2.24, 2.45) is 0 Å². The topological polar surface area (TPSA) is 90.5 Å². The summed E-state index contributed by atoms with van der Waals surface area (Å²) >= 11 is 0. The Hall–Kier alpha value is -3.61. The fraction of sp³-hybridized carbons (Fsp3) is 0.227. The Labute approximate surface area is 169 Å². The quantitative estimate of drug-likeness (QED) is 0.631. The largest absolute Gasteiger partial charge is 0.338 e. The van der Waals surface area contributed by atoms with Crippen LogP contribution in [-0.4, -0.2) is 35.8 Å². The van der Waals surface area contributed by atoms with Gasteiger partial charge in [-0.1, -0.05) is 18.2 Å². The van der Waals surface area contributed by atoms with Gasteiger partial charge in [-0.05, 0) is 48.4 Å². The monoisotopic (exact) mass is 392 g/mol. The summed E-state index contributed by atoms with van der Waals surface area (Å²) in [7, 11) is 0.